The van der Waals surface area contributed by atoms with Gasteiger partial charge in [-0.25, -0.2) is 8.42 Å². The van der Waals surface area contributed by atoms with E-state index in [0.717, 1.165) is 27.4 Å². The second-order valence-electron chi connectivity index (χ2n) is 11.3. The molecule has 0 saturated carbocycles. The summed E-state index contributed by atoms with van der Waals surface area (Å²) in [5, 5.41) is 3.06. The predicted octanol–water partition coefficient (Wildman–Crippen LogP) is 6.14. The maximum atomic E-state index is 14.6. The number of rotatable bonds is 15. The van der Waals surface area contributed by atoms with Crippen molar-refractivity contribution in [3.63, 3.8) is 0 Å². The highest BCUT2D eigenvalue weighted by molar-refractivity contribution is 7.92. The average molecular weight is 642 g/mol. The molecule has 4 aromatic carbocycles. The van der Waals surface area contributed by atoms with Gasteiger partial charge in [-0.15, -0.1) is 0 Å². The normalized spacial score (nSPS) is 12.5. The van der Waals surface area contributed by atoms with Crippen LogP contribution in [-0.4, -0.2) is 50.4 Å². The second kappa shape index (κ2) is 16.1. The van der Waals surface area contributed by atoms with Gasteiger partial charge in [0, 0.05) is 19.0 Å². The Morgan fingerprint density at radius 3 is 2.00 bits per heavy atom. The zero-order valence-electron chi connectivity index (χ0n) is 26.9. The number of hydrogen-bond donors (Lipinski definition) is 1. The minimum absolute atomic E-state index is 0.0529. The third-order valence-electron chi connectivity index (χ3n) is 7.79. The Hall–Kier alpha value is -4.63. The fraction of sp³-hybridized carbons (Fsp3) is 0.297. The van der Waals surface area contributed by atoms with Gasteiger partial charge in [0.05, 0.1) is 17.2 Å². The summed E-state index contributed by atoms with van der Waals surface area (Å²) in [4.78, 5) is 30.0. The Balaban J connectivity index is 1.79. The van der Waals surface area contributed by atoms with E-state index in [0.29, 0.717) is 18.0 Å². The van der Waals surface area contributed by atoms with Crippen LogP contribution in [-0.2, 0) is 32.6 Å². The van der Waals surface area contributed by atoms with E-state index in [4.69, 9.17) is 4.74 Å². The van der Waals surface area contributed by atoms with Crippen LogP contribution in [0.25, 0.3) is 0 Å². The number of hydrogen-bond acceptors (Lipinski definition) is 5. The molecule has 2 amide bonds. The molecule has 0 spiro atoms. The highest BCUT2D eigenvalue weighted by atomic mass is 32.2. The van der Waals surface area contributed by atoms with E-state index in [9.17, 15) is 18.0 Å². The van der Waals surface area contributed by atoms with Gasteiger partial charge in [-0.05, 0) is 74.7 Å². The minimum atomic E-state index is -4.17. The zero-order chi connectivity index (χ0) is 33.1. The van der Waals surface area contributed by atoms with E-state index in [1.54, 1.807) is 42.5 Å². The lowest BCUT2D eigenvalue weighted by Gasteiger charge is -2.34. The molecule has 0 radical (unpaired) electrons. The smallest absolute Gasteiger partial charge is 0.264 e. The van der Waals surface area contributed by atoms with Crippen LogP contribution in [0.3, 0.4) is 0 Å². The lowest BCUT2D eigenvalue weighted by molar-refractivity contribution is -0.140. The fourth-order valence-corrected chi connectivity index (χ4v) is 6.44. The van der Waals surface area contributed by atoms with Gasteiger partial charge < -0.3 is 15.0 Å². The van der Waals surface area contributed by atoms with Gasteiger partial charge in [0.15, 0.2) is 0 Å². The lowest BCUT2D eigenvalue weighted by atomic mass is 10.0. The van der Waals surface area contributed by atoms with Crippen LogP contribution >= 0.6 is 0 Å². The van der Waals surface area contributed by atoms with Gasteiger partial charge in [0.25, 0.3) is 10.0 Å². The van der Waals surface area contributed by atoms with Crippen molar-refractivity contribution in [2.75, 3.05) is 17.5 Å². The topological polar surface area (TPSA) is 96.0 Å². The fourth-order valence-electron chi connectivity index (χ4n) is 5.01. The van der Waals surface area contributed by atoms with Crippen LogP contribution in [0.4, 0.5) is 5.69 Å². The molecule has 8 nitrogen and oxygen atoms in total. The Kier molecular flexibility index (Phi) is 12.0. The SMILES string of the molecule is CCOc1ccc(N(CC(=O)N(Cc2ccc(C)cc2)[C@@H](Cc2ccccc2)C(=O)N[C@H](C)CC)S(=O)(=O)c2ccccc2)cc1. The number of benzene rings is 4. The van der Waals surface area contributed by atoms with Crippen LogP contribution in [0.2, 0.25) is 0 Å². The summed E-state index contributed by atoms with van der Waals surface area (Å²) in [6.45, 7) is 7.81. The molecular formula is C37H43N3O5S. The molecule has 0 aliphatic heterocycles. The van der Waals surface area contributed by atoms with E-state index in [2.05, 4.69) is 5.32 Å². The first kappa shape index (κ1) is 34.2. The number of carbonyl (C=O) groups is 2. The van der Waals surface area contributed by atoms with E-state index < -0.39 is 28.5 Å². The zero-order valence-corrected chi connectivity index (χ0v) is 27.7. The van der Waals surface area contributed by atoms with Gasteiger partial charge in [0.1, 0.15) is 18.3 Å². The van der Waals surface area contributed by atoms with E-state index in [-0.39, 0.29) is 29.8 Å². The van der Waals surface area contributed by atoms with Crippen molar-refractivity contribution in [3.8, 4) is 5.75 Å². The molecule has 0 bridgehead atoms. The summed E-state index contributed by atoms with van der Waals surface area (Å²) < 4.78 is 34.9. The number of carbonyl (C=O) groups excluding carboxylic acids is 2. The second-order valence-corrected chi connectivity index (χ2v) is 13.1. The quantitative estimate of drug-likeness (QED) is 0.168. The van der Waals surface area contributed by atoms with Crippen molar-refractivity contribution < 1.29 is 22.7 Å². The Labute approximate surface area is 273 Å². The molecule has 4 aromatic rings. The highest BCUT2D eigenvalue weighted by Crippen LogP contribution is 2.27. The van der Waals surface area contributed by atoms with Crippen LogP contribution in [0.15, 0.2) is 114 Å². The Morgan fingerprint density at radius 2 is 1.41 bits per heavy atom. The van der Waals surface area contributed by atoms with Crippen LogP contribution < -0.4 is 14.4 Å². The van der Waals surface area contributed by atoms with Crippen molar-refractivity contribution in [2.45, 2.75) is 64.1 Å². The molecule has 9 heteroatoms. The number of ether oxygens (including phenoxy) is 1. The molecule has 242 valence electrons. The van der Waals surface area contributed by atoms with Gasteiger partial charge in [0.2, 0.25) is 11.8 Å². The average Bonchev–Trinajstić information content (AvgIpc) is 3.07. The summed E-state index contributed by atoms with van der Waals surface area (Å²) in [5.41, 5.74) is 3.08. The summed E-state index contributed by atoms with van der Waals surface area (Å²) in [6, 6.07) is 30.9. The summed E-state index contributed by atoms with van der Waals surface area (Å²) in [7, 11) is -4.17. The molecular weight excluding hydrogens is 598 g/mol. The van der Waals surface area contributed by atoms with E-state index in [1.807, 2.05) is 82.3 Å². The van der Waals surface area contributed by atoms with Crippen molar-refractivity contribution >= 4 is 27.5 Å². The Morgan fingerprint density at radius 1 is 0.804 bits per heavy atom. The van der Waals surface area contributed by atoms with E-state index in [1.165, 1.54) is 17.0 Å². The first-order valence-corrected chi connectivity index (χ1v) is 17.1. The van der Waals surface area contributed by atoms with E-state index >= 15 is 0 Å². The molecule has 0 aliphatic carbocycles. The summed E-state index contributed by atoms with van der Waals surface area (Å²) in [6.07, 6.45) is 0.978. The molecule has 0 fully saturated rings. The molecule has 0 unspecified atom stereocenters. The third kappa shape index (κ3) is 8.97. The van der Waals surface area contributed by atoms with Crippen LogP contribution in [0.5, 0.6) is 5.75 Å². The van der Waals surface area contributed by atoms with Gasteiger partial charge >= 0.3 is 0 Å². The summed E-state index contributed by atoms with van der Waals surface area (Å²) in [5.74, 6) is -0.216. The molecule has 0 saturated heterocycles. The number of sulfonamides is 1. The maximum absolute atomic E-state index is 14.6. The van der Waals surface area contributed by atoms with Crippen molar-refractivity contribution in [3.05, 3.63) is 126 Å². The number of aryl methyl sites for hydroxylation is 1. The minimum Gasteiger partial charge on any atom is -0.494 e. The van der Waals surface area contributed by atoms with Gasteiger partial charge in [-0.3, -0.25) is 13.9 Å². The molecule has 0 heterocycles. The van der Waals surface area contributed by atoms with Crippen LogP contribution in [0, 0.1) is 6.92 Å². The van der Waals surface area contributed by atoms with Crippen LogP contribution in [0.1, 0.15) is 43.9 Å². The maximum Gasteiger partial charge on any atom is 0.264 e. The molecule has 2 atom stereocenters. The first-order valence-electron chi connectivity index (χ1n) is 15.6. The molecule has 0 aliphatic rings. The van der Waals surface area contributed by atoms with Gasteiger partial charge in [-0.2, -0.15) is 0 Å². The molecule has 46 heavy (non-hydrogen) atoms. The standard InChI is InChI=1S/C37H43N3O5S/c1-5-29(4)38-37(42)35(25-30-13-9-7-10-14-30)39(26-31-19-17-28(3)18-20-31)36(41)27-40(32-21-23-33(24-22-32)45-6-2)46(43,44)34-15-11-8-12-16-34/h7-24,29,35H,5-6,25-27H2,1-4H3,(H,38,42)/t29-,35+/m1/s1. The summed E-state index contributed by atoms with van der Waals surface area (Å²) >= 11 is 0. The lowest BCUT2D eigenvalue weighted by Crippen LogP contribution is -2.54. The monoisotopic (exact) mass is 641 g/mol. The predicted molar refractivity (Wildman–Crippen MR) is 182 cm³/mol. The number of nitrogens with one attached hydrogen (secondary N) is 1. The highest BCUT2D eigenvalue weighted by Gasteiger charge is 2.35. The largest absolute Gasteiger partial charge is 0.494 e. The van der Waals surface area contributed by atoms with Crippen molar-refractivity contribution in [2.24, 2.45) is 0 Å². The molecule has 4 rings (SSSR count). The number of amides is 2. The third-order valence-corrected chi connectivity index (χ3v) is 9.58. The number of nitrogens with zero attached hydrogens (tertiary/aromatic N) is 2. The van der Waals surface area contributed by atoms with Crippen molar-refractivity contribution in [1.29, 1.82) is 0 Å². The number of anilines is 1. The molecule has 0 aromatic heterocycles. The first-order chi connectivity index (χ1) is 22.1. The van der Waals surface area contributed by atoms with Gasteiger partial charge in [-0.1, -0.05) is 85.3 Å². The van der Waals surface area contributed by atoms with Crippen molar-refractivity contribution in [1.82, 2.24) is 10.2 Å². The Bertz CT molecular complexity index is 1660. The molecule has 1 N–H and O–H groups in total.